The summed E-state index contributed by atoms with van der Waals surface area (Å²) in [6.07, 6.45) is 7.63. The Morgan fingerprint density at radius 2 is 2.06 bits per heavy atom. The molecule has 0 fully saturated rings. The number of hydrogen-bond donors (Lipinski definition) is 1. The van der Waals surface area contributed by atoms with E-state index < -0.39 is 5.97 Å². The molecule has 100 valence electrons. The van der Waals surface area contributed by atoms with E-state index in [1.807, 2.05) is 35.6 Å². The van der Waals surface area contributed by atoms with E-state index in [2.05, 4.69) is 26.8 Å². The molecule has 0 aromatic carbocycles. The number of rotatable bonds is 3. The molecule has 1 aliphatic rings. The molecule has 2 nitrogen and oxygen atoms in total. The van der Waals surface area contributed by atoms with Crippen LogP contribution in [-0.4, -0.2) is 11.1 Å². The van der Waals surface area contributed by atoms with Crippen LogP contribution in [0.2, 0.25) is 0 Å². The van der Waals surface area contributed by atoms with Crippen LogP contribution < -0.4 is 0 Å². The Hall–Kier alpha value is -0.580. The summed E-state index contributed by atoms with van der Waals surface area (Å²) in [5, 5.41) is 8.93. The molecule has 1 aliphatic carbocycles. The van der Waals surface area contributed by atoms with E-state index in [0.717, 1.165) is 12.0 Å². The van der Waals surface area contributed by atoms with Gasteiger partial charge in [0.25, 0.3) is 0 Å². The maximum absolute atomic E-state index is 10.9. The summed E-state index contributed by atoms with van der Waals surface area (Å²) in [5.41, 5.74) is 3.81. The molecule has 0 aromatic rings. The molecule has 1 rings (SSSR count). The van der Waals surface area contributed by atoms with Gasteiger partial charge in [0.05, 0.1) is 0 Å². The Kier molecular flexibility index (Phi) is 5.20. The number of carboxylic acids is 1. The molecule has 1 N–H and O–H groups in total. The van der Waals surface area contributed by atoms with Gasteiger partial charge >= 0.3 is 5.97 Å². The van der Waals surface area contributed by atoms with Crippen molar-refractivity contribution in [3.05, 3.63) is 32.5 Å². The molecule has 0 unspecified atom stereocenters. The zero-order valence-corrected chi connectivity index (χ0v) is 13.7. The maximum Gasteiger partial charge on any atom is 0.342 e. The van der Waals surface area contributed by atoms with Crippen molar-refractivity contribution in [1.82, 2.24) is 0 Å². The minimum absolute atomic E-state index is 0.202. The van der Waals surface area contributed by atoms with Crippen molar-refractivity contribution in [3.8, 4) is 0 Å². The molecule has 0 aliphatic heterocycles. The largest absolute Gasteiger partial charge is 0.477 e. The van der Waals surface area contributed by atoms with E-state index in [1.165, 1.54) is 24.0 Å². The number of allylic oxidation sites excluding steroid dienone is 5. The van der Waals surface area contributed by atoms with E-state index in [0.29, 0.717) is 3.58 Å². The fraction of sp³-hybridized carbons (Fsp3) is 0.533. The van der Waals surface area contributed by atoms with Gasteiger partial charge in [-0.15, -0.1) is 0 Å². The van der Waals surface area contributed by atoms with E-state index in [1.54, 1.807) is 0 Å². The molecular weight excluding hydrogens is 339 g/mol. The summed E-state index contributed by atoms with van der Waals surface area (Å²) in [7, 11) is 0. The molecule has 0 aromatic heterocycles. The van der Waals surface area contributed by atoms with Gasteiger partial charge in [0.2, 0.25) is 0 Å². The van der Waals surface area contributed by atoms with Crippen LogP contribution in [0.5, 0.6) is 0 Å². The fourth-order valence-corrected chi connectivity index (χ4v) is 2.64. The number of carbonyl (C=O) groups is 1. The fourth-order valence-electron chi connectivity index (χ4n) is 2.46. The first-order valence-electron chi connectivity index (χ1n) is 6.23. The van der Waals surface area contributed by atoms with Crippen molar-refractivity contribution in [2.45, 2.75) is 47.0 Å². The lowest BCUT2D eigenvalue weighted by Crippen LogP contribution is -2.19. The third kappa shape index (κ3) is 3.70. The first-order chi connectivity index (χ1) is 8.25. The van der Waals surface area contributed by atoms with Crippen molar-refractivity contribution < 1.29 is 9.90 Å². The molecule has 0 spiro atoms. The van der Waals surface area contributed by atoms with E-state index in [-0.39, 0.29) is 5.41 Å². The van der Waals surface area contributed by atoms with Crippen LogP contribution in [-0.2, 0) is 4.79 Å². The van der Waals surface area contributed by atoms with Crippen LogP contribution >= 0.6 is 22.6 Å². The van der Waals surface area contributed by atoms with Gasteiger partial charge in [0.15, 0.2) is 0 Å². The summed E-state index contributed by atoms with van der Waals surface area (Å²) in [4.78, 5) is 10.9. The first-order valence-corrected chi connectivity index (χ1v) is 7.31. The summed E-state index contributed by atoms with van der Waals surface area (Å²) < 4.78 is 0.385. The second-order valence-corrected chi connectivity index (χ2v) is 6.65. The van der Waals surface area contributed by atoms with Gasteiger partial charge in [-0.2, -0.15) is 0 Å². The highest BCUT2D eigenvalue weighted by molar-refractivity contribution is 14.1. The zero-order valence-electron chi connectivity index (χ0n) is 11.5. The molecule has 0 bridgehead atoms. The Morgan fingerprint density at radius 1 is 1.44 bits per heavy atom. The highest BCUT2D eigenvalue weighted by atomic mass is 127. The SMILES string of the molecule is CC(C=CC1=C(C)CCCC1(C)C)=C(I)C(=O)O. The number of carboxylic acid groups (broad SMARTS) is 1. The molecule has 0 saturated heterocycles. The van der Waals surface area contributed by atoms with Crippen LogP contribution in [0.1, 0.15) is 47.0 Å². The van der Waals surface area contributed by atoms with Gasteiger partial charge in [0.1, 0.15) is 3.58 Å². The van der Waals surface area contributed by atoms with Gasteiger partial charge in [0, 0.05) is 0 Å². The first kappa shape index (κ1) is 15.5. The standard InChI is InChI=1S/C15H21IO2/c1-10-6-5-9-15(3,4)12(10)8-7-11(2)13(16)14(17)18/h7-8H,5-6,9H2,1-4H3,(H,17,18). The minimum Gasteiger partial charge on any atom is -0.477 e. The van der Waals surface area contributed by atoms with E-state index in [9.17, 15) is 4.79 Å². The topological polar surface area (TPSA) is 37.3 Å². The predicted octanol–water partition coefficient (Wildman–Crippen LogP) is 4.86. The predicted molar refractivity (Wildman–Crippen MR) is 83.8 cm³/mol. The molecule has 0 atom stereocenters. The molecule has 0 amide bonds. The highest BCUT2D eigenvalue weighted by Crippen LogP contribution is 2.40. The lowest BCUT2D eigenvalue weighted by Gasteiger charge is -2.32. The Morgan fingerprint density at radius 3 is 2.56 bits per heavy atom. The summed E-state index contributed by atoms with van der Waals surface area (Å²) in [5.74, 6) is -0.855. The van der Waals surface area contributed by atoms with Gasteiger partial charge < -0.3 is 5.11 Å². The van der Waals surface area contributed by atoms with Gasteiger partial charge in [-0.3, -0.25) is 0 Å². The highest BCUT2D eigenvalue weighted by Gasteiger charge is 2.26. The van der Waals surface area contributed by atoms with E-state index >= 15 is 0 Å². The molecule has 0 heterocycles. The molecule has 3 heteroatoms. The Bertz CT molecular complexity index is 439. The number of aliphatic carboxylic acids is 1. The molecule has 0 radical (unpaired) electrons. The van der Waals surface area contributed by atoms with Crippen LogP contribution in [0.25, 0.3) is 0 Å². The van der Waals surface area contributed by atoms with Crippen molar-refractivity contribution >= 4 is 28.6 Å². The van der Waals surface area contributed by atoms with Crippen LogP contribution in [0.4, 0.5) is 0 Å². The van der Waals surface area contributed by atoms with Crippen LogP contribution in [0, 0.1) is 5.41 Å². The smallest absolute Gasteiger partial charge is 0.342 e. The quantitative estimate of drug-likeness (QED) is 0.443. The average molecular weight is 360 g/mol. The van der Waals surface area contributed by atoms with Crippen molar-refractivity contribution in [1.29, 1.82) is 0 Å². The lowest BCUT2D eigenvalue weighted by molar-refractivity contribution is -0.131. The Balaban J connectivity index is 3.03. The van der Waals surface area contributed by atoms with Crippen molar-refractivity contribution in [3.63, 3.8) is 0 Å². The van der Waals surface area contributed by atoms with Crippen LogP contribution in [0.15, 0.2) is 32.5 Å². The zero-order chi connectivity index (χ0) is 13.9. The minimum atomic E-state index is -0.855. The Labute approximate surface area is 123 Å². The third-order valence-electron chi connectivity index (χ3n) is 3.58. The van der Waals surface area contributed by atoms with Crippen LogP contribution in [0.3, 0.4) is 0 Å². The molecule has 0 saturated carbocycles. The second-order valence-electron chi connectivity index (χ2n) is 5.57. The lowest BCUT2D eigenvalue weighted by atomic mass is 9.72. The third-order valence-corrected chi connectivity index (χ3v) is 4.89. The van der Waals surface area contributed by atoms with Crippen molar-refractivity contribution in [2.75, 3.05) is 0 Å². The summed E-state index contributed by atoms with van der Waals surface area (Å²) in [6.45, 7) is 8.55. The van der Waals surface area contributed by atoms with Gasteiger partial charge in [-0.05, 0) is 72.3 Å². The number of halogens is 1. The van der Waals surface area contributed by atoms with Crippen molar-refractivity contribution in [2.24, 2.45) is 5.41 Å². The second kappa shape index (κ2) is 6.04. The maximum atomic E-state index is 10.9. The monoisotopic (exact) mass is 360 g/mol. The summed E-state index contributed by atoms with van der Waals surface area (Å²) >= 11 is 1.88. The normalized spacial score (nSPS) is 21.2. The van der Waals surface area contributed by atoms with Gasteiger partial charge in [-0.1, -0.05) is 31.6 Å². The average Bonchev–Trinajstić information content (AvgIpc) is 2.25. The number of hydrogen-bond acceptors (Lipinski definition) is 1. The van der Waals surface area contributed by atoms with E-state index in [4.69, 9.17) is 5.11 Å². The molecular formula is C15H21IO2. The molecule has 18 heavy (non-hydrogen) atoms. The summed E-state index contributed by atoms with van der Waals surface area (Å²) in [6, 6.07) is 0. The van der Waals surface area contributed by atoms with Gasteiger partial charge in [-0.25, -0.2) is 4.79 Å².